The van der Waals surface area contributed by atoms with E-state index in [4.69, 9.17) is 9.84 Å². The number of aliphatic carboxylic acids is 1. The van der Waals surface area contributed by atoms with Crippen LogP contribution in [0.3, 0.4) is 0 Å². The molecule has 0 spiro atoms. The maximum Gasteiger partial charge on any atom is 0.329 e. The monoisotopic (exact) mass is 245 g/mol. The van der Waals surface area contributed by atoms with Gasteiger partial charge in [0.2, 0.25) is 5.91 Å². The van der Waals surface area contributed by atoms with Crippen molar-refractivity contribution < 1.29 is 19.4 Å². The normalized spacial score (nSPS) is 12.5. The van der Waals surface area contributed by atoms with Crippen LogP contribution in [0.15, 0.2) is 0 Å². The van der Waals surface area contributed by atoms with E-state index in [1.54, 1.807) is 0 Å². The molecule has 0 saturated heterocycles. The number of amides is 1. The van der Waals surface area contributed by atoms with Crippen LogP contribution in [0.1, 0.15) is 33.6 Å². The van der Waals surface area contributed by atoms with Crippen molar-refractivity contribution >= 4 is 11.9 Å². The number of carbonyl (C=O) groups is 2. The molecule has 100 valence electrons. The third-order valence-electron chi connectivity index (χ3n) is 2.94. The lowest BCUT2D eigenvalue weighted by Crippen LogP contribution is -2.35. The lowest BCUT2D eigenvalue weighted by atomic mass is 9.89. The van der Waals surface area contributed by atoms with Crippen molar-refractivity contribution in [3.8, 4) is 0 Å². The molecular formula is C12H23NO4. The fourth-order valence-corrected chi connectivity index (χ4v) is 1.78. The topological polar surface area (TPSA) is 75.6 Å². The van der Waals surface area contributed by atoms with Crippen molar-refractivity contribution in [1.82, 2.24) is 5.32 Å². The molecular weight excluding hydrogens is 222 g/mol. The second kappa shape index (κ2) is 8.98. The van der Waals surface area contributed by atoms with E-state index in [2.05, 4.69) is 19.2 Å². The predicted octanol–water partition coefficient (Wildman–Crippen LogP) is 1.28. The average Bonchev–Trinajstić information content (AvgIpc) is 2.29. The minimum Gasteiger partial charge on any atom is -0.480 e. The van der Waals surface area contributed by atoms with Crippen molar-refractivity contribution in [2.24, 2.45) is 11.8 Å². The molecule has 2 N–H and O–H groups in total. The second-order valence-corrected chi connectivity index (χ2v) is 4.10. The van der Waals surface area contributed by atoms with Gasteiger partial charge in [-0.2, -0.15) is 0 Å². The van der Waals surface area contributed by atoms with Gasteiger partial charge >= 0.3 is 5.97 Å². The van der Waals surface area contributed by atoms with Crippen LogP contribution in [0.4, 0.5) is 0 Å². The molecule has 1 atom stereocenters. The Kier molecular flexibility index (Phi) is 8.40. The summed E-state index contributed by atoms with van der Waals surface area (Å²) in [4.78, 5) is 21.9. The summed E-state index contributed by atoms with van der Waals surface area (Å²) in [5.74, 6) is -0.598. The standard InChI is InChI=1S/C12H23NO4/c1-4-10(5-2)9(3)12(16)13-6-7-17-8-11(14)15/h9-10H,4-8H2,1-3H3,(H,13,16)(H,14,15). The van der Waals surface area contributed by atoms with Gasteiger partial charge in [-0.05, 0) is 5.92 Å². The molecule has 0 heterocycles. The minimum absolute atomic E-state index is 0.00975. The van der Waals surface area contributed by atoms with Crippen LogP contribution in [0.2, 0.25) is 0 Å². The number of carboxylic acids is 1. The lowest BCUT2D eigenvalue weighted by molar-refractivity contribution is -0.142. The van der Waals surface area contributed by atoms with Crippen molar-refractivity contribution in [2.45, 2.75) is 33.6 Å². The highest BCUT2D eigenvalue weighted by atomic mass is 16.5. The van der Waals surface area contributed by atoms with E-state index in [1.807, 2.05) is 6.92 Å². The van der Waals surface area contributed by atoms with Crippen LogP contribution in [-0.2, 0) is 14.3 Å². The number of hydrogen-bond acceptors (Lipinski definition) is 3. The Hall–Kier alpha value is -1.10. The molecule has 0 bridgehead atoms. The zero-order valence-corrected chi connectivity index (χ0v) is 10.9. The van der Waals surface area contributed by atoms with Crippen LogP contribution in [0.5, 0.6) is 0 Å². The SMILES string of the molecule is CCC(CC)C(C)C(=O)NCCOCC(=O)O. The molecule has 0 aromatic heterocycles. The van der Waals surface area contributed by atoms with Crippen LogP contribution in [-0.4, -0.2) is 36.7 Å². The Labute approximate surface area is 103 Å². The summed E-state index contributed by atoms with van der Waals surface area (Å²) in [7, 11) is 0. The lowest BCUT2D eigenvalue weighted by Gasteiger charge is -2.20. The molecule has 0 aliphatic rings. The van der Waals surface area contributed by atoms with E-state index in [1.165, 1.54) is 0 Å². The van der Waals surface area contributed by atoms with Gasteiger partial charge in [-0.3, -0.25) is 4.79 Å². The number of hydrogen-bond donors (Lipinski definition) is 2. The molecule has 0 aliphatic heterocycles. The third-order valence-corrected chi connectivity index (χ3v) is 2.94. The van der Waals surface area contributed by atoms with E-state index in [-0.39, 0.29) is 25.0 Å². The third kappa shape index (κ3) is 6.94. The minimum atomic E-state index is -0.998. The highest BCUT2D eigenvalue weighted by molar-refractivity contribution is 5.78. The molecule has 0 radical (unpaired) electrons. The number of ether oxygens (including phenoxy) is 1. The predicted molar refractivity (Wildman–Crippen MR) is 64.7 cm³/mol. The molecule has 0 saturated carbocycles. The van der Waals surface area contributed by atoms with Gasteiger partial charge in [0.05, 0.1) is 6.61 Å². The van der Waals surface area contributed by atoms with Crippen LogP contribution < -0.4 is 5.32 Å². The maximum atomic E-state index is 11.7. The van der Waals surface area contributed by atoms with Gasteiger partial charge in [-0.1, -0.05) is 33.6 Å². The van der Waals surface area contributed by atoms with Gasteiger partial charge < -0.3 is 15.2 Å². The fourth-order valence-electron chi connectivity index (χ4n) is 1.78. The molecule has 1 unspecified atom stereocenters. The zero-order chi connectivity index (χ0) is 13.3. The Morgan fingerprint density at radius 3 is 2.35 bits per heavy atom. The van der Waals surface area contributed by atoms with Crippen molar-refractivity contribution in [3.05, 3.63) is 0 Å². The van der Waals surface area contributed by atoms with Crippen LogP contribution >= 0.6 is 0 Å². The largest absolute Gasteiger partial charge is 0.480 e. The average molecular weight is 245 g/mol. The highest BCUT2D eigenvalue weighted by Crippen LogP contribution is 2.18. The first kappa shape index (κ1) is 15.9. The van der Waals surface area contributed by atoms with Gasteiger partial charge in [0.25, 0.3) is 0 Å². The number of rotatable bonds is 9. The molecule has 0 fully saturated rings. The van der Waals surface area contributed by atoms with E-state index in [9.17, 15) is 9.59 Å². The number of carbonyl (C=O) groups excluding carboxylic acids is 1. The Balaban J connectivity index is 3.74. The first-order valence-electron chi connectivity index (χ1n) is 6.10. The molecule has 5 nitrogen and oxygen atoms in total. The Morgan fingerprint density at radius 1 is 1.29 bits per heavy atom. The van der Waals surface area contributed by atoms with Gasteiger partial charge in [0.15, 0.2) is 0 Å². The summed E-state index contributed by atoms with van der Waals surface area (Å²) in [6.45, 7) is 6.34. The van der Waals surface area contributed by atoms with E-state index < -0.39 is 5.97 Å². The van der Waals surface area contributed by atoms with Gasteiger partial charge in [-0.15, -0.1) is 0 Å². The summed E-state index contributed by atoms with van der Waals surface area (Å²) < 4.78 is 4.82. The maximum absolute atomic E-state index is 11.7. The van der Waals surface area contributed by atoms with Crippen molar-refractivity contribution in [3.63, 3.8) is 0 Å². The van der Waals surface area contributed by atoms with E-state index in [0.29, 0.717) is 12.5 Å². The summed E-state index contributed by atoms with van der Waals surface area (Å²) >= 11 is 0. The van der Waals surface area contributed by atoms with Gasteiger partial charge in [-0.25, -0.2) is 4.79 Å². The first-order chi connectivity index (χ1) is 8.02. The van der Waals surface area contributed by atoms with Crippen LogP contribution in [0, 0.1) is 11.8 Å². The summed E-state index contributed by atoms with van der Waals surface area (Å²) in [5, 5.41) is 11.1. The highest BCUT2D eigenvalue weighted by Gasteiger charge is 2.20. The number of nitrogens with one attached hydrogen (secondary N) is 1. The molecule has 0 aromatic rings. The zero-order valence-electron chi connectivity index (χ0n) is 10.9. The molecule has 0 rings (SSSR count). The number of carboxylic acid groups (broad SMARTS) is 1. The van der Waals surface area contributed by atoms with Gasteiger partial charge in [0, 0.05) is 12.5 Å². The quantitative estimate of drug-likeness (QED) is 0.600. The molecule has 0 aromatic carbocycles. The Bertz CT molecular complexity index is 239. The van der Waals surface area contributed by atoms with Gasteiger partial charge in [0.1, 0.15) is 6.61 Å². The van der Waals surface area contributed by atoms with Crippen molar-refractivity contribution in [2.75, 3.05) is 19.8 Å². The fraction of sp³-hybridized carbons (Fsp3) is 0.833. The molecule has 5 heteroatoms. The van der Waals surface area contributed by atoms with Crippen LogP contribution in [0.25, 0.3) is 0 Å². The second-order valence-electron chi connectivity index (χ2n) is 4.10. The Morgan fingerprint density at radius 2 is 1.88 bits per heavy atom. The van der Waals surface area contributed by atoms with E-state index >= 15 is 0 Å². The summed E-state index contributed by atoms with van der Waals surface area (Å²) in [6, 6.07) is 0. The van der Waals surface area contributed by atoms with E-state index in [0.717, 1.165) is 12.8 Å². The summed E-state index contributed by atoms with van der Waals surface area (Å²) in [5.41, 5.74) is 0. The smallest absolute Gasteiger partial charge is 0.329 e. The molecule has 1 amide bonds. The summed E-state index contributed by atoms with van der Waals surface area (Å²) in [6.07, 6.45) is 1.97. The molecule has 0 aliphatic carbocycles. The molecule has 17 heavy (non-hydrogen) atoms. The first-order valence-corrected chi connectivity index (χ1v) is 6.10. The van der Waals surface area contributed by atoms with Crippen molar-refractivity contribution in [1.29, 1.82) is 0 Å².